The molecule has 0 unspecified atom stereocenters. The van der Waals surface area contributed by atoms with E-state index in [1.54, 1.807) is 11.3 Å². The van der Waals surface area contributed by atoms with Crippen molar-refractivity contribution in [2.24, 2.45) is 7.05 Å². The maximum Gasteiger partial charge on any atom is 0.123 e. The number of aryl methyl sites for hydroxylation is 1. The topological polar surface area (TPSA) is 38.9 Å². The van der Waals surface area contributed by atoms with E-state index in [4.69, 9.17) is 0 Å². The normalized spacial score (nSPS) is 15.3. The van der Waals surface area contributed by atoms with Gasteiger partial charge in [0, 0.05) is 38.4 Å². The number of fused-ring (bicyclic) bond motifs is 1. The maximum absolute atomic E-state index is 4.62. The van der Waals surface area contributed by atoms with Crippen molar-refractivity contribution in [2.45, 2.75) is 19.6 Å². The molecule has 0 N–H and O–H groups in total. The lowest BCUT2D eigenvalue weighted by atomic mass is 10.2. The van der Waals surface area contributed by atoms with Gasteiger partial charge in [-0.1, -0.05) is 6.07 Å². The lowest BCUT2D eigenvalue weighted by Gasteiger charge is -2.27. The number of thiophene rings is 1. The Morgan fingerprint density at radius 3 is 3.00 bits per heavy atom. The summed E-state index contributed by atoms with van der Waals surface area (Å²) in [7, 11) is 1.96. The molecule has 0 aromatic carbocycles. The van der Waals surface area contributed by atoms with E-state index in [0.717, 1.165) is 32.0 Å². The van der Waals surface area contributed by atoms with Gasteiger partial charge in [0.05, 0.1) is 29.5 Å². The van der Waals surface area contributed by atoms with E-state index in [1.807, 2.05) is 24.1 Å². The van der Waals surface area contributed by atoms with Crippen molar-refractivity contribution in [1.29, 1.82) is 0 Å². The smallest absolute Gasteiger partial charge is 0.123 e. The van der Waals surface area contributed by atoms with Crippen molar-refractivity contribution < 1.29 is 0 Å². The van der Waals surface area contributed by atoms with Crippen molar-refractivity contribution in [3.8, 4) is 10.6 Å². The Labute approximate surface area is 127 Å². The zero-order valence-corrected chi connectivity index (χ0v) is 12.8. The number of hydrogen-bond donors (Lipinski definition) is 0. The minimum atomic E-state index is 0.903. The fourth-order valence-electron chi connectivity index (χ4n) is 2.88. The van der Waals surface area contributed by atoms with Crippen LogP contribution in [0.15, 0.2) is 36.1 Å². The molecular weight excluding hydrogens is 282 g/mol. The molecule has 0 aliphatic carbocycles. The molecule has 1 aliphatic heterocycles. The lowest BCUT2D eigenvalue weighted by molar-refractivity contribution is 0.209. The molecule has 0 saturated heterocycles. The van der Waals surface area contributed by atoms with Crippen LogP contribution in [0.25, 0.3) is 10.6 Å². The standard InChI is InChI=1S/C15H17N5S/c1-18-9-12(7-17-18)10-19-4-5-20-13(8-16-15(20)11-19)14-3-2-6-21-14/h2-3,6-9H,4-5,10-11H2,1H3. The van der Waals surface area contributed by atoms with Crippen LogP contribution in [-0.2, 0) is 26.7 Å². The molecule has 0 saturated carbocycles. The minimum absolute atomic E-state index is 0.903. The molecule has 4 rings (SSSR count). The van der Waals surface area contributed by atoms with Crippen molar-refractivity contribution in [1.82, 2.24) is 24.2 Å². The fraction of sp³-hybridized carbons (Fsp3) is 0.333. The molecule has 0 spiro atoms. The van der Waals surface area contributed by atoms with Gasteiger partial charge in [-0.25, -0.2) is 4.98 Å². The lowest BCUT2D eigenvalue weighted by Crippen LogP contribution is -2.33. The van der Waals surface area contributed by atoms with E-state index in [-0.39, 0.29) is 0 Å². The average Bonchev–Trinajstić information content (AvgIpc) is 3.18. The first-order valence-electron chi connectivity index (χ1n) is 7.08. The van der Waals surface area contributed by atoms with Gasteiger partial charge < -0.3 is 4.57 Å². The van der Waals surface area contributed by atoms with Crippen LogP contribution in [0, 0.1) is 0 Å². The van der Waals surface area contributed by atoms with E-state index in [9.17, 15) is 0 Å². The summed E-state index contributed by atoms with van der Waals surface area (Å²) in [5.41, 5.74) is 2.51. The van der Waals surface area contributed by atoms with Crippen LogP contribution in [0.1, 0.15) is 11.4 Å². The third-order valence-electron chi connectivity index (χ3n) is 3.88. The third kappa shape index (κ3) is 2.41. The van der Waals surface area contributed by atoms with Crippen LogP contribution in [-0.4, -0.2) is 30.8 Å². The van der Waals surface area contributed by atoms with Gasteiger partial charge in [-0.2, -0.15) is 5.10 Å². The van der Waals surface area contributed by atoms with E-state index in [1.165, 1.54) is 16.1 Å². The number of hydrogen-bond acceptors (Lipinski definition) is 4. The second-order valence-corrected chi connectivity index (χ2v) is 6.37. The van der Waals surface area contributed by atoms with Crippen molar-refractivity contribution in [2.75, 3.05) is 6.54 Å². The van der Waals surface area contributed by atoms with Gasteiger partial charge in [-0.15, -0.1) is 11.3 Å². The van der Waals surface area contributed by atoms with Crippen molar-refractivity contribution >= 4 is 11.3 Å². The molecule has 0 fully saturated rings. The van der Waals surface area contributed by atoms with E-state index in [0.29, 0.717) is 0 Å². The largest absolute Gasteiger partial charge is 0.325 e. The van der Waals surface area contributed by atoms with Crippen molar-refractivity contribution in [3.63, 3.8) is 0 Å². The highest BCUT2D eigenvalue weighted by Crippen LogP contribution is 2.27. The molecule has 0 atom stereocenters. The molecule has 3 aromatic heterocycles. The first kappa shape index (κ1) is 12.8. The number of aromatic nitrogens is 4. The molecule has 108 valence electrons. The third-order valence-corrected chi connectivity index (χ3v) is 4.77. The highest BCUT2D eigenvalue weighted by Gasteiger charge is 2.21. The number of nitrogens with zero attached hydrogens (tertiary/aromatic N) is 5. The summed E-state index contributed by atoms with van der Waals surface area (Å²) in [5.74, 6) is 1.16. The van der Waals surface area contributed by atoms with Crippen LogP contribution in [0.2, 0.25) is 0 Å². The summed E-state index contributed by atoms with van der Waals surface area (Å²) >= 11 is 1.77. The molecule has 5 nitrogen and oxygen atoms in total. The molecule has 1 aliphatic rings. The SMILES string of the molecule is Cn1cc(CN2CCn3c(-c4cccs4)cnc3C2)cn1. The Morgan fingerprint density at radius 2 is 2.24 bits per heavy atom. The Hall–Kier alpha value is -1.92. The summed E-state index contributed by atoms with van der Waals surface area (Å²) in [4.78, 5) is 8.35. The van der Waals surface area contributed by atoms with Crippen LogP contribution < -0.4 is 0 Å². The van der Waals surface area contributed by atoms with Gasteiger partial charge in [0.15, 0.2) is 0 Å². The predicted octanol–water partition coefficient (Wildman–Crippen LogP) is 2.36. The minimum Gasteiger partial charge on any atom is -0.325 e. The van der Waals surface area contributed by atoms with Crippen LogP contribution in [0.5, 0.6) is 0 Å². The quantitative estimate of drug-likeness (QED) is 0.745. The molecule has 0 radical (unpaired) electrons. The Balaban J connectivity index is 1.53. The molecule has 3 aromatic rings. The second kappa shape index (κ2) is 5.13. The van der Waals surface area contributed by atoms with Crippen LogP contribution in [0.3, 0.4) is 0 Å². The molecule has 21 heavy (non-hydrogen) atoms. The maximum atomic E-state index is 4.62. The summed E-state index contributed by atoms with van der Waals surface area (Å²) in [5, 5.41) is 6.35. The van der Waals surface area contributed by atoms with Crippen LogP contribution >= 0.6 is 11.3 Å². The summed E-state index contributed by atoms with van der Waals surface area (Å²) in [6, 6.07) is 4.26. The molecule has 0 bridgehead atoms. The van der Waals surface area contributed by atoms with E-state index in [2.05, 4.69) is 43.3 Å². The second-order valence-electron chi connectivity index (χ2n) is 5.42. The zero-order valence-electron chi connectivity index (χ0n) is 11.9. The molecular formula is C15H17N5S. The Morgan fingerprint density at radius 1 is 1.29 bits per heavy atom. The van der Waals surface area contributed by atoms with E-state index < -0.39 is 0 Å². The molecule has 4 heterocycles. The van der Waals surface area contributed by atoms with Gasteiger partial charge in [-0.05, 0) is 11.4 Å². The predicted molar refractivity (Wildman–Crippen MR) is 82.9 cm³/mol. The van der Waals surface area contributed by atoms with Gasteiger partial charge in [0.2, 0.25) is 0 Å². The van der Waals surface area contributed by atoms with Crippen LogP contribution in [0.4, 0.5) is 0 Å². The highest BCUT2D eigenvalue weighted by atomic mass is 32.1. The number of rotatable bonds is 3. The fourth-order valence-corrected chi connectivity index (χ4v) is 3.62. The van der Waals surface area contributed by atoms with Crippen molar-refractivity contribution in [3.05, 3.63) is 47.5 Å². The monoisotopic (exact) mass is 299 g/mol. The Kier molecular flexibility index (Phi) is 3.12. The van der Waals surface area contributed by atoms with Gasteiger partial charge >= 0.3 is 0 Å². The number of imidazole rings is 1. The zero-order chi connectivity index (χ0) is 14.2. The van der Waals surface area contributed by atoms with Gasteiger partial charge in [0.1, 0.15) is 5.82 Å². The summed E-state index contributed by atoms with van der Waals surface area (Å²) in [6.07, 6.45) is 6.03. The molecule has 6 heteroatoms. The highest BCUT2D eigenvalue weighted by molar-refractivity contribution is 7.13. The molecule has 0 amide bonds. The van der Waals surface area contributed by atoms with E-state index >= 15 is 0 Å². The average molecular weight is 299 g/mol. The Bertz CT molecular complexity index is 740. The van der Waals surface area contributed by atoms with Gasteiger partial charge in [0.25, 0.3) is 0 Å². The van der Waals surface area contributed by atoms with Gasteiger partial charge in [-0.3, -0.25) is 9.58 Å². The first-order chi connectivity index (χ1) is 10.3. The summed E-state index contributed by atoms with van der Waals surface area (Å²) in [6.45, 7) is 3.90. The summed E-state index contributed by atoms with van der Waals surface area (Å²) < 4.78 is 4.21. The first-order valence-corrected chi connectivity index (χ1v) is 7.96.